The van der Waals surface area contributed by atoms with Crippen molar-refractivity contribution in [3.05, 3.63) is 59.9 Å². The summed E-state index contributed by atoms with van der Waals surface area (Å²) in [5, 5.41) is 3.24. The number of benzene rings is 2. The van der Waals surface area contributed by atoms with Crippen LogP contribution in [0.1, 0.15) is 5.56 Å². The van der Waals surface area contributed by atoms with Gasteiger partial charge in [0, 0.05) is 24.9 Å². The predicted octanol–water partition coefficient (Wildman–Crippen LogP) is 3.46. The molecule has 0 aromatic heterocycles. The molecule has 0 aliphatic rings. The first-order valence-corrected chi connectivity index (χ1v) is 6.48. The van der Waals surface area contributed by atoms with E-state index in [0.29, 0.717) is 19.8 Å². The van der Waals surface area contributed by atoms with Gasteiger partial charge in [-0.05, 0) is 30.3 Å². The van der Waals surface area contributed by atoms with Crippen LogP contribution in [0.25, 0.3) is 0 Å². The van der Waals surface area contributed by atoms with E-state index in [1.807, 2.05) is 24.3 Å². The molecule has 0 unspecified atom stereocenters. The van der Waals surface area contributed by atoms with Crippen molar-refractivity contribution in [1.29, 1.82) is 0 Å². The fourth-order valence-corrected chi connectivity index (χ4v) is 1.79. The smallest absolute Gasteiger partial charge is 0.124 e. The summed E-state index contributed by atoms with van der Waals surface area (Å²) in [5.74, 6) is 0.595. The van der Waals surface area contributed by atoms with E-state index in [1.54, 1.807) is 19.2 Å². The highest BCUT2D eigenvalue weighted by Crippen LogP contribution is 2.19. The van der Waals surface area contributed by atoms with E-state index in [4.69, 9.17) is 9.47 Å². The normalized spacial score (nSPS) is 10.3. The maximum atomic E-state index is 12.8. The van der Waals surface area contributed by atoms with Gasteiger partial charge in [-0.2, -0.15) is 0 Å². The summed E-state index contributed by atoms with van der Waals surface area (Å²) in [7, 11) is 1.64. The van der Waals surface area contributed by atoms with Gasteiger partial charge in [0.2, 0.25) is 0 Å². The third-order valence-corrected chi connectivity index (χ3v) is 2.84. The molecule has 0 heterocycles. The Hall–Kier alpha value is -2.07. The minimum Gasteiger partial charge on any atom is -0.491 e. The molecule has 0 aliphatic heterocycles. The summed E-state index contributed by atoms with van der Waals surface area (Å²) in [4.78, 5) is 0. The summed E-state index contributed by atoms with van der Waals surface area (Å²) >= 11 is 0. The maximum Gasteiger partial charge on any atom is 0.124 e. The Morgan fingerprint density at radius 2 is 1.75 bits per heavy atom. The third kappa shape index (κ3) is 4.24. The second kappa shape index (κ2) is 7.50. The zero-order chi connectivity index (χ0) is 14.2. The number of ether oxygens (including phenoxy) is 2. The monoisotopic (exact) mass is 275 g/mol. The second-order valence-corrected chi connectivity index (χ2v) is 4.31. The summed E-state index contributed by atoms with van der Waals surface area (Å²) in [5.41, 5.74) is 1.92. The van der Waals surface area contributed by atoms with Crippen LogP contribution in [0, 0.1) is 5.82 Å². The first-order chi connectivity index (χ1) is 9.79. The zero-order valence-electron chi connectivity index (χ0n) is 11.4. The van der Waals surface area contributed by atoms with Crippen LogP contribution >= 0.6 is 0 Å². The summed E-state index contributed by atoms with van der Waals surface area (Å²) in [6.45, 7) is 1.69. The van der Waals surface area contributed by atoms with E-state index in [-0.39, 0.29) is 5.82 Å². The number of hydrogen-bond donors (Lipinski definition) is 1. The first kappa shape index (κ1) is 14.3. The molecule has 2 aromatic rings. The molecule has 2 aromatic carbocycles. The molecule has 3 nitrogen and oxygen atoms in total. The van der Waals surface area contributed by atoms with Gasteiger partial charge in [0.05, 0.1) is 6.61 Å². The highest BCUT2D eigenvalue weighted by atomic mass is 19.1. The molecule has 2 rings (SSSR count). The van der Waals surface area contributed by atoms with Gasteiger partial charge in [0.15, 0.2) is 0 Å². The Balaban J connectivity index is 1.96. The van der Waals surface area contributed by atoms with Crippen LogP contribution in [-0.4, -0.2) is 20.3 Å². The molecule has 20 heavy (non-hydrogen) atoms. The zero-order valence-corrected chi connectivity index (χ0v) is 11.4. The van der Waals surface area contributed by atoms with Gasteiger partial charge < -0.3 is 14.8 Å². The lowest BCUT2D eigenvalue weighted by Crippen LogP contribution is -2.07. The molecule has 0 saturated heterocycles. The predicted molar refractivity (Wildman–Crippen MR) is 77.5 cm³/mol. The molecule has 0 saturated carbocycles. The fourth-order valence-electron chi connectivity index (χ4n) is 1.79. The number of para-hydroxylation sites is 1. The lowest BCUT2D eigenvalue weighted by atomic mass is 10.2. The molecule has 0 amide bonds. The van der Waals surface area contributed by atoms with Gasteiger partial charge in [-0.25, -0.2) is 4.39 Å². The van der Waals surface area contributed by atoms with Crippen LogP contribution in [-0.2, 0) is 11.3 Å². The molecule has 1 N–H and O–H groups in total. The standard InChI is InChI=1S/C16H18FNO2/c1-19-10-11-20-16-5-3-2-4-13(16)12-18-15-8-6-14(17)7-9-15/h2-9,18H,10-12H2,1H3. The lowest BCUT2D eigenvalue weighted by Gasteiger charge is -2.12. The van der Waals surface area contributed by atoms with Crippen molar-refractivity contribution in [2.24, 2.45) is 0 Å². The average Bonchev–Trinajstić information content (AvgIpc) is 2.48. The Kier molecular flexibility index (Phi) is 5.38. The van der Waals surface area contributed by atoms with Crippen molar-refractivity contribution in [3.63, 3.8) is 0 Å². The van der Waals surface area contributed by atoms with Gasteiger partial charge in [0.25, 0.3) is 0 Å². The van der Waals surface area contributed by atoms with E-state index >= 15 is 0 Å². The average molecular weight is 275 g/mol. The number of hydrogen-bond acceptors (Lipinski definition) is 3. The summed E-state index contributed by atoms with van der Waals surface area (Å²) < 4.78 is 23.5. The fraction of sp³-hybridized carbons (Fsp3) is 0.250. The van der Waals surface area contributed by atoms with Gasteiger partial charge in [-0.15, -0.1) is 0 Å². The minimum absolute atomic E-state index is 0.237. The van der Waals surface area contributed by atoms with E-state index in [2.05, 4.69) is 5.32 Å². The lowest BCUT2D eigenvalue weighted by molar-refractivity contribution is 0.146. The number of nitrogens with one attached hydrogen (secondary N) is 1. The van der Waals surface area contributed by atoms with Crippen LogP contribution in [0.3, 0.4) is 0 Å². The van der Waals surface area contributed by atoms with Crippen LogP contribution in [0.4, 0.5) is 10.1 Å². The maximum absolute atomic E-state index is 12.8. The molecule has 106 valence electrons. The largest absolute Gasteiger partial charge is 0.491 e. The number of anilines is 1. The third-order valence-electron chi connectivity index (χ3n) is 2.84. The van der Waals surface area contributed by atoms with Crippen LogP contribution < -0.4 is 10.1 Å². The van der Waals surface area contributed by atoms with Crippen molar-refractivity contribution in [1.82, 2.24) is 0 Å². The van der Waals surface area contributed by atoms with Crippen molar-refractivity contribution in [3.8, 4) is 5.75 Å². The van der Waals surface area contributed by atoms with Gasteiger partial charge >= 0.3 is 0 Å². The minimum atomic E-state index is -0.237. The van der Waals surface area contributed by atoms with Crippen LogP contribution in [0.2, 0.25) is 0 Å². The number of methoxy groups -OCH3 is 1. The van der Waals surface area contributed by atoms with Gasteiger partial charge in [-0.1, -0.05) is 18.2 Å². The molecule has 0 bridgehead atoms. The molecule has 0 spiro atoms. The van der Waals surface area contributed by atoms with E-state index in [9.17, 15) is 4.39 Å². The van der Waals surface area contributed by atoms with Crippen molar-refractivity contribution in [2.45, 2.75) is 6.54 Å². The Bertz CT molecular complexity index is 528. The Morgan fingerprint density at radius 1 is 1.00 bits per heavy atom. The van der Waals surface area contributed by atoms with Crippen LogP contribution in [0.15, 0.2) is 48.5 Å². The van der Waals surface area contributed by atoms with Gasteiger partial charge in [-0.3, -0.25) is 0 Å². The second-order valence-electron chi connectivity index (χ2n) is 4.31. The molecule has 0 fully saturated rings. The highest BCUT2D eigenvalue weighted by Gasteiger charge is 2.03. The van der Waals surface area contributed by atoms with E-state index in [1.165, 1.54) is 12.1 Å². The SMILES string of the molecule is COCCOc1ccccc1CNc1ccc(F)cc1. The molecular weight excluding hydrogens is 257 g/mol. The van der Waals surface area contributed by atoms with Crippen molar-refractivity contribution in [2.75, 3.05) is 25.6 Å². The molecular formula is C16H18FNO2. The summed E-state index contributed by atoms with van der Waals surface area (Å²) in [6, 6.07) is 14.1. The molecule has 0 atom stereocenters. The van der Waals surface area contributed by atoms with E-state index < -0.39 is 0 Å². The Labute approximate surface area is 118 Å². The Morgan fingerprint density at radius 3 is 2.50 bits per heavy atom. The summed E-state index contributed by atoms with van der Waals surface area (Å²) in [6.07, 6.45) is 0. The number of halogens is 1. The van der Waals surface area contributed by atoms with Gasteiger partial charge in [0.1, 0.15) is 18.2 Å². The molecule has 4 heteroatoms. The topological polar surface area (TPSA) is 30.5 Å². The molecule has 0 radical (unpaired) electrons. The van der Waals surface area contributed by atoms with E-state index in [0.717, 1.165) is 17.0 Å². The highest BCUT2D eigenvalue weighted by molar-refractivity contribution is 5.45. The van der Waals surface area contributed by atoms with Crippen molar-refractivity contribution >= 4 is 5.69 Å². The first-order valence-electron chi connectivity index (χ1n) is 6.48. The quantitative estimate of drug-likeness (QED) is 0.785. The number of rotatable bonds is 7. The molecule has 0 aliphatic carbocycles. The van der Waals surface area contributed by atoms with Crippen LogP contribution in [0.5, 0.6) is 5.75 Å². The van der Waals surface area contributed by atoms with Crippen molar-refractivity contribution < 1.29 is 13.9 Å².